The predicted octanol–water partition coefficient (Wildman–Crippen LogP) is 1.21. The van der Waals surface area contributed by atoms with Gasteiger partial charge in [0.2, 0.25) is 21.9 Å². The highest BCUT2D eigenvalue weighted by Crippen LogP contribution is 2.20. The summed E-state index contributed by atoms with van der Waals surface area (Å²) in [6.45, 7) is 4.29. The number of hydrogen-bond donors (Lipinski definition) is 1. The third kappa shape index (κ3) is 4.88. The summed E-state index contributed by atoms with van der Waals surface area (Å²) in [7, 11) is -0.110. The molecule has 1 aliphatic heterocycles. The zero-order valence-electron chi connectivity index (χ0n) is 16.0. The number of sulfonamides is 1. The van der Waals surface area contributed by atoms with Crippen LogP contribution in [0, 0.1) is 6.92 Å². The molecule has 0 aliphatic carbocycles. The number of morpholine rings is 1. The van der Waals surface area contributed by atoms with Gasteiger partial charge in [-0.1, -0.05) is 17.7 Å². The van der Waals surface area contributed by atoms with Crippen molar-refractivity contribution in [3.8, 4) is 0 Å². The Hall–Kier alpha value is -2.01. The number of anilines is 2. The zero-order valence-corrected chi connectivity index (χ0v) is 17.6. The molecule has 2 heterocycles. The van der Waals surface area contributed by atoms with E-state index in [1.165, 1.54) is 12.1 Å². The van der Waals surface area contributed by atoms with E-state index in [2.05, 4.69) is 19.7 Å². The van der Waals surface area contributed by atoms with Crippen LogP contribution < -0.4 is 14.5 Å². The van der Waals surface area contributed by atoms with Crippen molar-refractivity contribution in [2.75, 3.05) is 50.2 Å². The highest BCUT2D eigenvalue weighted by Gasteiger charge is 2.19. The molecule has 1 aromatic carbocycles. The number of nitrogens with one attached hydrogen (secondary N) is 1. The Bertz CT molecular complexity index is 948. The smallest absolute Gasteiger partial charge is 0.241 e. The van der Waals surface area contributed by atoms with E-state index >= 15 is 0 Å². The second-order valence-electron chi connectivity index (χ2n) is 6.58. The summed E-state index contributed by atoms with van der Waals surface area (Å²) in [6.07, 6.45) is 0. The van der Waals surface area contributed by atoms with Crippen LogP contribution in [-0.2, 0) is 21.3 Å². The standard InChI is InChI=1S/C17H23ClN6O3S/c1-12-4-5-13(10-14(12)18)28(25,26)19-11-15-20-16(23(2)3)22-17(21-15)24-6-8-27-9-7-24/h4-5,10,19H,6-9,11H2,1-3H3. The summed E-state index contributed by atoms with van der Waals surface area (Å²) in [5.74, 6) is 1.31. The van der Waals surface area contributed by atoms with Gasteiger partial charge in [-0.15, -0.1) is 0 Å². The number of halogens is 1. The highest BCUT2D eigenvalue weighted by atomic mass is 35.5. The predicted molar refractivity (Wildman–Crippen MR) is 107 cm³/mol. The molecule has 0 radical (unpaired) electrons. The summed E-state index contributed by atoms with van der Waals surface area (Å²) >= 11 is 6.05. The van der Waals surface area contributed by atoms with E-state index in [9.17, 15) is 8.42 Å². The fourth-order valence-corrected chi connectivity index (χ4v) is 3.81. The van der Waals surface area contributed by atoms with Crippen LogP contribution in [0.4, 0.5) is 11.9 Å². The Morgan fingerprint density at radius 3 is 2.57 bits per heavy atom. The molecule has 9 nitrogen and oxygen atoms in total. The van der Waals surface area contributed by atoms with Crippen LogP contribution in [0.2, 0.25) is 5.02 Å². The summed E-state index contributed by atoms with van der Waals surface area (Å²) in [5.41, 5.74) is 0.809. The lowest BCUT2D eigenvalue weighted by Gasteiger charge is -2.27. The van der Waals surface area contributed by atoms with Gasteiger partial charge >= 0.3 is 0 Å². The first kappa shape index (κ1) is 20.7. The number of benzene rings is 1. The maximum atomic E-state index is 12.6. The van der Waals surface area contributed by atoms with Crippen LogP contribution in [0.1, 0.15) is 11.4 Å². The minimum absolute atomic E-state index is 0.0610. The van der Waals surface area contributed by atoms with Gasteiger partial charge in [0.05, 0.1) is 24.7 Å². The van der Waals surface area contributed by atoms with Crippen molar-refractivity contribution in [3.05, 3.63) is 34.6 Å². The number of aromatic nitrogens is 3. The minimum Gasteiger partial charge on any atom is -0.378 e. The van der Waals surface area contributed by atoms with Gasteiger partial charge in [-0.25, -0.2) is 13.1 Å². The Kier molecular flexibility index (Phi) is 6.33. The fourth-order valence-electron chi connectivity index (χ4n) is 2.56. The van der Waals surface area contributed by atoms with Crippen molar-refractivity contribution in [2.24, 2.45) is 0 Å². The quantitative estimate of drug-likeness (QED) is 0.735. The van der Waals surface area contributed by atoms with Gasteiger partial charge in [-0.2, -0.15) is 15.0 Å². The topological polar surface area (TPSA) is 101 Å². The molecule has 0 amide bonds. The largest absolute Gasteiger partial charge is 0.378 e. The Labute approximate surface area is 169 Å². The Morgan fingerprint density at radius 1 is 1.21 bits per heavy atom. The highest BCUT2D eigenvalue weighted by molar-refractivity contribution is 7.89. The second-order valence-corrected chi connectivity index (χ2v) is 8.76. The van der Waals surface area contributed by atoms with E-state index in [0.717, 1.165) is 5.56 Å². The minimum atomic E-state index is -3.75. The Morgan fingerprint density at radius 2 is 1.93 bits per heavy atom. The average molecular weight is 427 g/mol. The van der Waals surface area contributed by atoms with Gasteiger partial charge in [0.15, 0.2) is 5.82 Å². The second kappa shape index (κ2) is 8.56. The first-order valence-electron chi connectivity index (χ1n) is 8.77. The van der Waals surface area contributed by atoms with Crippen LogP contribution in [0.5, 0.6) is 0 Å². The summed E-state index contributed by atoms with van der Waals surface area (Å²) in [6, 6.07) is 4.61. The molecule has 0 unspecified atom stereocenters. The molecule has 0 bridgehead atoms. The van der Waals surface area contributed by atoms with E-state index in [1.54, 1.807) is 11.0 Å². The molecule has 1 aromatic heterocycles. The summed E-state index contributed by atoms with van der Waals surface area (Å²) < 4.78 is 33.1. The maximum absolute atomic E-state index is 12.6. The number of nitrogens with zero attached hydrogens (tertiary/aromatic N) is 5. The van der Waals surface area contributed by atoms with Crippen molar-refractivity contribution in [1.82, 2.24) is 19.7 Å². The lowest BCUT2D eigenvalue weighted by atomic mass is 10.2. The van der Waals surface area contributed by atoms with Crippen LogP contribution in [0.25, 0.3) is 0 Å². The molecule has 1 saturated heterocycles. The van der Waals surface area contributed by atoms with E-state index in [4.69, 9.17) is 16.3 Å². The molecule has 152 valence electrons. The molecule has 0 saturated carbocycles. The third-order valence-corrected chi connectivity index (χ3v) is 6.03. The van der Waals surface area contributed by atoms with Crippen molar-refractivity contribution < 1.29 is 13.2 Å². The summed E-state index contributed by atoms with van der Waals surface area (Å²) in [5, 5.41) is 0.396. The molecule has 1 N–H and O–H groups in total. The molecule has 28 heavy (non-hydrogen) atoms. The monoisotopic (exact) mass is 426 g/mol. The molecule has 1 fully saturated rings. The van der Waals surface area contributed by atoms with Crippen molar-refractivity contribution in [2.45, 2.75) is 18.4 Å². The van der Waals surface area contributed by atoms with Gasteiger partial charge in [-0.05, 0) is 24.6 Å². The number of ether oxygens (including phenoxy) is 1. The van der Waals surface area contributed by atoms with Crippen molar-refractivity contribution in [1.29, 1.82) is 0 Å². The van der Waals surface area contributed by atoms with Crippen LogP contribution in [-0.4, -0.2) is 63.8 Å². The lowest BCUT2D eigenvalue weighted by molar-refractivity contribution is 0.122. The molecular weight excluding hydrogens is 404 g/mol. The van der Waals surface area contributed by atoms with Crippen LogP contribution in [0.3, 0.4) is 0 Å². The fraction of sp³-hybridized carbons (Fsp3) is 0.471. The maximum Gasteiger partial charge on any atom is 0.241 e. The molecule has 3 rings (SSSR count). The molecule has 0 spiro atoms. The van der Waals surface area contributed by atoms with E-state index in [1.807, 2.05) is 25.9 Å². The number of rotatable bonds is 6. The Balaban J connectivity index is 1.82. The first-order chi connectivity index (χ1) is 13.3. The van der Waals surface area contributed by atoms with E-state index < -0.39 is 10.0 Å². The number of hydrogen-bond acceptors (Lipinski definition) is 8. The van der Waals surface area contributed by atoms with Gasteiger partial charge in [0.25, 0.3) is 0 Å². The van der Waals surface area contributed by atoms with Crippen LogP contribution in [0.15, 0.2) is 23.1 Å². The SMILES string of the molecule is Cc1ccc(S(=O)(=O)NCc2nc(N(C)C)nc(N3CCOCC3)n2)cc1Cl. The van der Waals surface area contributed by atoms with E-state index in [-0.39, 0.29) is 11.4 Å². The van der Waals surface area contributed by atoms with Crippen molar-refractivity contribution in [3.63, 3.8) is 0 Å². The first-order valence-corrected chi connectivity index (χ1v) is 10.6. The lowest BCUT2D eigenvalue weighted by Crippen LogP contribution is -2.38. The third-order valence-electron chi connectivity index (χ3n) is 4.23. The number of aryl methyl sites for hydroxylation is 1. The molecule has 11 heteroatoms. The van der Waals surface area contributed by atoms with E-state index in [0.29, 0.717) is 49.0 Å². The van der Waals surface area contributed by atoms with Crippen molar-refractivity contribution >= 4 is 33.5 Å². The normalized spacial score (nSPS) is 14.9. The summed E-state index contributed by atoms with van der Waals surface area (Å²) in [4.78, 5) is 17.1. The van der Waals surface area contributed by atoms with Gasteiger partial charge in [-0.3, -0.25) is 0 Å². The molecule has 1 aliphatic rings. The van der Waals surface area contributed by atoms with Gasteiger partial charge < -0.3 is 14.5 Å². The van der Waals surface area contributed by atoms with Gasteiger partial charge in [0.1, 0.15) is 0 Å². The average Bonchev–Trinajstić information content (AvgIpc) is 2.69. The van der Waals surface area contributed by atoms with Crippen LogP contribution >= 0.6 is 11.6 Å². The van der Waals surface area contributed by atoms with Gasteiger partial charge in [0, 0.05) is 32.2 Å². The molecular formula is C17H23ClN6O3S. The molecule has 0 atom stereocenters. The molecule has 2 aromatic rings. The zero-order chi connectivity index (χ0) is 20.3.